The van der Waals surface area contributed by atoms with Gasteiger partial charge in [0.2, 0.25) is 15.9 Å². The molecule has 0 aliphatic rings. The maximum atomic E-state index is 12.5. The first-order chi connectivity index (χ1) is 13.8. The highest BCUT2D eigenvalue weighted by atomic mass is 32.2. The Labute approximate surface area is 177 Å². The summed E-state index contributed by atoms with van der Waals surface area (Å²) in [5, 5.41) is 0.600. The number of rotatable bonds is 10. The Morgan fingerprint density at radius 3 is 2.41 bits per heavy atom. The summed E-state index contributed by atoms with van der Waals surface area (Å²) in [4.78, 5) is 18.4. The third-order valence-corrected chi connectivity index (χ3v) is 7.38. The molecule has 158 valence electrons. The maximum Gasteiger partial charge on any atom is 0.244 e. The molecule has 0 unspecified atom stereocenters. The van der Waals surface area contributed by atoms with E-state index in [2.05, 4.69) is 4.98 Å². The maximum absolute atomic E-state index is 12.5. The lowest BCUT2D eigenvalue weighted by molar-refractivity contribution is -0.127. The number of nitrogens with zero attached hydrogens (tertiary/aromatic N) is 3. The number of benzene rings is 1. The summed E-state index contributed by atoms with van der Waals surface area (Å²) in [5.74, 6) is 0.898. The van der Waals surface area contributed by atoms with E-state index in [4.69, 9.17) is 4.74 Å². The molecule has 2 rings (SSSR count). The van der Waals surface area contributed by atoms with Crippen LogP contribution in [0.15, 0.2) is 52.5 Å². The fourth-order valence-corrected chi connectivity index (χ4v) is 4.93. The van der Waals surface area contributed by atoms with E-state index in [0.29, 0.717) is 24.7 Å². The zero-order valence-electron chi connectivity index (χ0n) is 17.2. The fourth-order valence-electron chi connectivity index (χ4n) is 2.74. The van der Waals surface area contributed by atoms with Gasteiger partial charge in [0.1, 0.15) is 10.6 Å². The number of amides is 1. The van der Waals surface area contributed by atoms with Gasteiger partial charge in [0.15, 0.2) is 0 Å². The molecule has 29 heavy (non-hydrogen) atoms. The third kappa shape index (κ3) is 5.94. The molecule has 1 amide bonds. The van der Waals surface area contributed by atoms with Gasteiger partial charge < -0.3 is 9.64 Å². The predicted octanol–water partition coefficient (Wildman–Crippen LogP) is 2.87. The smallest absolute Gasteiger partial charge is 0.244 e. The molecule has 7 nitrogen and oxygen atoms in total. The Morgan fingerprint density at radius 1 is 1.14 bits per heavy atom. The molecular formula is C20H27N3O4S2. The molecule has 2 aromatic rings. The van der Waals surface area contributed by atoms with E-state index in [-0.39, 0.29) is 16.6 Å². The van der Waals surface area contributed by atoms with Crippen LogP contribution in [0.4, 0.5) is 0 Å². The van der Waals surface area contributed by atoms with Gasteiger partial charge in [-0.2, -0.15) is 4.31 Å². The second-order valence-corrected chi connectivity index (χ2v) is 9.21. The molecule has 1 aromatic carbocycles. The topological polar surface area (TPSA) is 79.8 Å². The minimum absolute atomic E-state index is 0.0532. The third-order valence-electron chi connectivity index (χ3n) is 4.42. The summed E-state index contributed by atoms with van der Waals surface area (Å²) < 4.78 is 31.7. The van der Waals surface area contributed by atoms with Crippen molar-refractivity contribution in [3.63, 3.8) is 0 Å². The average Bonchev–Trinajstić information content (AvgIpc) is 2.73. The summed E-state index contributed by atoms with van der Waals surface area (Å²) in [7, 11) is -0.187. The Bertz CT molecular complexity index is 914. The van der Waals surface area contributed by atoms with Crippen LogP contribution in [0.3, 0.4) is 0 Å². The van der Waals surface area contributed by atoms with Gasteiger partial charge in [0.05, 0.1) is 17.9 Å². The number of hydrogen-bond acceptors (Lipinski definition) is 6. The first kappa shape index (κ1) is 23.2. The molecule has 1 heterocycles. The van der Waals surface area contributed by atoms with Gasteiger partial charge in [0, 0.05) is 38.4 Å². The van der Waals surface area contributed by atoms with Crippen molar-refractivity contribution in [3.05, 3.63) is 48.2 Å². The van der Waals surface area contributed by atoms with Crippen molar-refractivity contribution in [2.45, 2.75) is 30.3 Å². The number of para-hydroxylation sites is 1. The van der Waals surface area contributed by atoms with Gasteiger partial charge in [-0.25, -0.2) is 13.4 Å². The summed E-state index contributed by atoms with van der Waals surface area (Å²) in [5.41, 5.74) is 0.930. The normalized spacial score (nSPS) is 11.5. The van der Waals surface area contributed by atoms with Gasteiger partial charge >= 0.3 is 0 Å². The molecule has 0 aliphatic carbocycles. The molecule has 0 saturated heterocycles. The zero-order valence-corrected chi connectivity index (χ0v) is 18.8. The van der Waals surface area contributed by atoms with Crippen LogP contribution in [-0.4, -0.2) is 61.5 Å². The zero-order chi connectivity index (χ0) is 21.4. The van der Waals surface area contributed by atoms with Gasteiger partial charge in [-0.1, -0.05) is 43.8 Å². The lowest BCUT2D eigenvalue weighted by atomic mass is 10.2. The van der Waals surface area contributed by atoms with Crippen LogP contribution in [0.2, 0.25) is 0 Å². The number of aromatic nitrogens is 1. The molecule has 0 radical (unpaired) electrons. The molecule has 0 bridgehead atoms. The van der Waals surface area contributed by atoms with E-state index >= 15 is 0 Å². The molecule has 1 aromatic heterocycles. The summed E-state index contributed by atoms with van der Waals surface area (Å²) in [6.45, 7) is 4.85. The second-order valence-electron chi connectivity index (χ2n) is 6.27. The van der Waals surface area contributed by atoms with Crippen LogP contribution < -0.4 is 4.74 Å². The largest absolute Gasteiger partial charge is 0.496 e. The Kier molecular flexibility index (Phi) is 8.48. The highest BCUT2D eigenvalue weighted by Crippen LogP contribution is 2.22. The highest BCUT2D eigenvalue weighted by molar-refractivity contribution is 7.99. The average molecular weight is 438 g/mol. The first-order valence-electron chi connectivity index (χ1n) is 9.28. The number of ether oxygens (including phenoxy) is 1. The molecule has 0 atom stereocenters. The van der Waals surface area contributed by atoms with Gasteiger partial charge in [-0.05, 0) is 18.2 Å². The summed E-state index contributed by atoms with van der Waals surface area (Å²) in [6, 6.07) is 10.7. The lowest BCUT2D eigenvalue weighted by Gasteiger charge is -2.19. The van der Waals surface area contributed by atoms with E-state index in [0.717, 1.165) is 11.3 Å². The SMILES string of the molecule is CCN(CC)S(=O)(=O)c1ccc(SCC(=O)N(C)Cc2ccccc2OC)nc1. The standard InChI is InChI=1S/C20H27N3O4S2/c1-5-23(6-2)29(25,26)17-11-12-19(21-13-17)28-15-20(24)22(3)14-16-9-7-8-10-18(16)27-4/h7-13H,5-6,14-15H2,1-4H3. The monoisotopic (exact) mass is 437 g/mol. The number of carbonyl (C=O) groups excluding carboxylic acids is 1. The van der Waals surface area contributed by atoms with Gasteiger partial charge in [-0.3, -0.25) is 4.79 Å². The van der Waals surface area contributed by atoms with Crippen molar-refractivity contribution in [1.82, 2.24) is 14.2 Å². The Balaban J connectivity index is 1.96. The van der Waals surface area contributed by atoms with Gasteiger partial charge in [-0.15, -0.1) is 0 Å². The number of pyridine rings is 1. The van der Waals surface area contributed by atoms with E-state index in [1.165, 1.54) is 28.3 Å². The molecule has 0 spiro atoms. The van der Waals surface area contributed by atoms with Gasteiger partial charge in [0.25, 0.3) is 0 Å². The predicted molar refractivity (Wildman–Crippen MR) is 115 cm³/mol. The lowest BCUT2D eigenvalue weighted by Crippen LogP contribution is -2.30. The van der Waals surface area contributed by atoms with Crippen molar-refractivity contribution in [3.8, 4) is 5.75 Å². The molecule has 0 aliphatic heterocycles. The van der Waals surface area contributed by atoms with E-state index in [1.807, 2.05) is 24.3 Å². The number of methoxy groups -OCH3 is 1. The Hall–Kier alpha value is -2.10. The van der Waals surface area contributed by atoms with Crippen molar-refractivity contribution >= 4 is 27.7 Å². The minimum atomic E-state index is -3.53. The molecule has 0 fully saturated rings. The van der Waals surface area contributed by atoms with Crippen LogP contribution in [-0.2, 0) is 21.4 Å². The summed E-state index contributed by atoms with van der Waals surface area (Å²) in [6.07, 6.45) is 1.35. The molecule has 0 saturated carbocycles. The van der Waals surface area contributed by atoms with Crippen LogP contribution in [0.5, 0.6) is 5.75 Å². The second kappa shape index (κ2) is 10.6. The van der Waals surface area contributed by atoms with E-state index < -0.39 is 10.0 Å². The Morgan fingerprint density at radius 2 is 1.83 bits per heavy atom. The number of sulfonamides is 1. The van der Waals surface area contributed by atoms with Crippen LogP contribution in [0.25, 0.3) is 0 Å². The number of thioether (sulfide) groups is 1. The first-order valence-corrected chi connectivity index (χ1v) is 11.7. The fraction of sp³-hybridized carbons (Fsp3) is 0.400. The molecular weight excluding hydrogens is 410 g/mol. The number of carbonyl (C=O) groups is 1. The quantitative estimate of drug-likeness (QED) is 0.532. The van der Waals surface area contributed by atoms with Crippen molar-refractivity contribution in [2.75, 3.05) is 33.0 Å². The molecule has 9 heteroatoms. The minimum Gasteiger partial charge on any atom is -0.496 e. The number of hydrogen-bond donors (Lipinski definition) is 0. The highest BCUT2D eigenvalue weighted by Gasteiger charge is 2.22. The van der Waals surface area contributed by atoms with Crippen molar-refractivity contribution < 1.29 is 17.9 Å². The summed E-state index contributed by atoms with van der Waals surface area (Å²) >= 11 is 1.27. The van der Waals surface area contributed by atoms with E-state index in [9.17, 15) is 13.2 Å². The van der Waals surface area contributed by atoms with Crippen LogP contribution >= 0.6 is 11.8 Å². The van der Waals surface area contributed by atoms with Crippen molar-refractivity contribution in [1.29, 1.82) is 0 Å². The van der Waals surface area contributed by atoms with Crippen LogP contribution in [0.1, 0.15) is 19.4 Å². The molecule has 0 N–H and O–H groups in total. The van der Waals surface area contributed by atoms with Crippen molar-refractivity contribution in [2.24, 2.45) is 0 Å². The van der Waals surface area contributed by atoms with E-state index in [1.54, 1.807) is 39.0 Å². The van der Waals surface area contributed by atoms with Crippen LogP contribution in [0, 0.1) is 0 Å².